The molecular weight excluding hydrogens is 834 g/mol. The summed E-state index contributed by atoms with van der Waals surface area (Å²) < 4.78 is 13.6. The Morgan fingerprint density at radius 1 is 0.811 bits per heavy atom. The van der Waals surface area contributed by atoms with Gasteiger partial charge in [-0.2, -0.15) is 5.56 Å². The first kappa shape index (κ1) is 38.5. The van der Waals surface area contributed by atoms with Crippen molar-refractivity contribution in [2.24, 2.45) is 10.9 Å². The monoisotopic (exact) mass is 884 g/mol. The molecule has 0 bridgehead atoms. The number of anilines is 3. The number of fused-ring (bicyclic) bond motifs is 2. The van der Waals surface area contributed by atoms with E-state index in [0.717, 1.165) is 45.0 Å². The number of ether oxygens (including phenoxy) is 2. The number of aromatic nitrogens is 1. The fourth-order valence-corrected chi connectivity index (χ4v) is 7.84. The van der Waals surface area contributed by atoms with Gasteiger partial charge in [0.1, 0.15) is 17.3 Å². The van der Waals surface area contributed by atoms with E-state index in [0.29, 0.717) is 17.4 Å². The molecule has 1 aromatic heterocycles. The molecular formula is C47H51N3O2Pt. The van der Waals surface area contributed by atoms with Gasteiger partial charge < -0.3 is 14.4 Å². The summed E-state index contributed by atoms with van der Waals surface area (Å²) in [4.78, 5) is 12.5. The van der Waals surface area contributed by atoms with Gasteiger partial charge in [-0.05, 0) is 54.0 Å². The number of rotatable bonds is 6. The second-order valence-corrected chi connectivity index (χ2v) is 16.9. The predicted molar refractivity (Wildman–Crippen MR) is 213 cm³/mol. The Morgan fingerprint density at radius 3 is 2.21 bits per heavy atom. The maximum absolute atomic E-state index is 6.90. The summed E-state index contributed by atoms with van der Waals surface area (Å²) in [6, 6.07) is 35.0. The largest absolute Gasteiger partial charge is 2.00 e. The van der Waals surface area contributed by atoms with Crippen LogP contribution in [-0.4, -0.2) is 16.4 Å². The van der Waals surface area contributed by atoms with Crippen molar-refractivity contribution >= 4 is 23.1 Å². The summed E-state index contributed by atoms with van der Waals surface area (Å²) in [6.45, 7) is 26.4. The molecule has 7 rings (SSSR count). The molecule has 6 heteroatoms. The molecule has 2 aliphatic heterocycles. The summed E-state index contributed by atoms with van der Waals surface area (Å²) in [5.41, 5.74) is 9.31. The van der Waals surface area contributed by atoms with Gasteiger partial charge in [0.2, 0.25) is 0 Å². The van der Waals surface area contributed by atoms with Gasteiger partial charge in [-0.25, -0.2) is 4.98 Å². The zero-order valence-electron chi connectivity index (χ0n) is 33.1. The fourth-order valence-electron chi connectivity index (χ4n) is 7.84. The third-order valence-electron chi connectivity index (χ3n) is 11.6. The maximum atomic E-state index is 6.90. The van der Waals surface area contributed by atoms with Crippen LogP contribution in [0.15, 0.2) is 90.1 Å². The minimum atomic E-state index is -0.652. The first-order valence-corrected chi connectivity index (χ1v) is 18.4. The van der Waals surface area contributed by atoms with Gasteiger partial charge in [0.25, 0.3) is 0 Å². The van der Waals surface area contributed by atoms with Crippen LogP contribution in [0.2, 0.25) is 0 Å². The SMILES string of the molecule is Cc1cc(Oc2[c-]c(C3=N[C@](C)(C(C)C)[C@@](C)(c4ccccc4)O3)c(C)cc2C)[c-]c(N2c3ccc(C(C)(C)C)cc3C(C)(C)c3cccnc32)c1.[Pt+2]. The van der Waals surface area contributed by atoms with Crippen LogP contribution in [0.5, 0.6) is 11.5 Å². The third kappa shape index (κ3) is 6.43. The third-order valence-corrected chi connectivity index (χ3v) is 11.6. The average molecular weight is 885 g/mol. The van der Waals surface area contributed by atoms with E-state index in [4.69, 9.17) is 19.5 Å². The average Bonchev–Trinajstić information content (AvgIpc) is 3.37. The van der Waals surface area contributed by atoms with Crippen molar-refractivity contribution in [2.75, 3.05) is 4.90 Å². The van der Waals surface area contributed by atoms with Gasteiger partial charge in [0.15, 0.2) is 0 Å². The second kappa shape index (κ2) is 13.6. The van der Waals surface area contributed by atoms with Crippen LogP contribution in [0.3, 0.4) is 0 Å². The number of aliphatic imine (C=N–C) groups is 1. The quantitative estimate of drug-likeness (QED) is 0.159. The molecule has 0 spiro atoms. The van der Waals surface area contributed by atoms with E-state index in [2.05, 4.69) is 161 Å². The van der Waals surface area contributed by atoms with E-state index in [-0.39, 0.29) is 37.8 Å². The van der Waals surface area contributed by atoms with E-state index in [1.54, 1.807) is 0 Å². The van der Waals surface area contributed by atoms with Crippen LogP contribution < -0.4 is 9.64 Å². The molecule has 5 aromatic rings. The van der Waals surface area contributed by atoms with Crippen molar-refractivity contribution in [3.8, 4) is 11.5 Å². The fraction of sp³-hybridized carbons (Fsp3) is 0.362. The molecule has 0 N–H and O–H groups in total. The Balaban J connectivity index is 0.00000481. The molecule has 4 aromatic carbocycles. The van der Waals surface area contributed by atoms with Crippen molar-refractivity contribution in [1.29, 1.82) is 0 Å². The Bertz CT molecular complexity index is 2220. The molecule has 3 heterocycles. The molecule has 0 unspecified atom stereocenters. The molecule has 0 radical (unpaired) electrons. The van der Waals surface area contributed by atoms with Crippen LogP contribution in [0.1, 0.15) is 107 Å². The van der Waals surface area contributed by atoms with E-state index in [9.17, 15) is 0 Å². The van der Waals surface area contributed by atoms with E-state index < -0.39 is 11.1 Å². The zero-order chi connectivity index (χ0) is 37.4. The smallest absolute Gasteiger partial charge is 0.508 e. The van der Waals surface area contributed by atoms with Gasteiger partial charge in [-0.1, -0.05) is 141 Å². The standard InChI is InChI=1S/C47H51N3O2.Pt/c1-29(2)46(11)47(12,33-17-14-13-15-18-33)52-43(49-46)37-28-41(32(5)25-31(37)4)51-36-24-30(3)23-35(27-36)50-40-21-20-34(44(6,7)8)26-39(40)45(9,10)38-19-16-22-48-42(38)50;/h13-26,29H,1-12H3;/q-2;+2/t46-,47-;/m1./s1. The van der Waals surface area contributed by atoms with Crippen LogP contribution in [0.25, 0.3) is 0 Å². The number of pyridine rings is 1. The Hall–Kier alpha value is -4.21. The number of benzene rings is 4. The van der Waals surface area contributed by atoms with Crippen molar-refractivity contribution in [3.05, 3.63) is 142 Å². The predicted octanol–water partition coefficient (Wildman–Crippen LogP) is 11.9. The summed E-state index contributed by atoms with van der Waals surface area (Å²) in [5.74, 6) is 2.94. The van der Waals surface area contributed by atoms with Crippen molar-refractivity contribution in [1.82, 2.24) is 4.98 Å². The molecule has 0 aliphatic carbocycles. The summed E-state index contributed by atoms with van der Waals surface area (Å²) in [5, 5.41) is 0. The number of hydrogen-bond acceptors (Lipinski definition) is 5. The van der Waals surface area contributed by atoms with Crippen LogP contribution in [-0.2, 0) is 42.2 Å². The molecule has 0 amide bonds. The van der Waals surface area contributed by atoms with Crippen LogP contribution in [0, 0.1) is 38.8 Å². The normalized spacial score (nSPS) is 20.2. The molecule has 2 atom stereocenters. The Labute approximate surface area is 331 Å². The summed E-state index contributed by atoms with van der Waals surface area (Å²) in [6.07, 6.45) is 1.87. The van der Waals surface area contributed by atoms with Gasteiger partial charge in [0.05, 0.1) is 5.54 Å². The molecule has 0 saturated carbocycles. The molecule has 276 valence electrons. The summed E-state index contributed by atoms with van der Waals surface area (Å²) in [7, 11) is 0. The van der Waals surface area contributed by atoms with Crippen LogP contribution in [0.4, 0.5) is 17.2 Å². The van der Waals surface area contributed by atoms with E-state index >= 15 is 0 Å². The number of hydrogen-bond donors (Lipinski definition) is 0. The topological polar surface area (TPSA) is 47.0 Å². The van der Waals surface area contributed by atoms with Gasteiger partial charge in [-0.15, -0.1) is 29.8 Å². The van der Waals surface area contributed by atoms with Crippen molar-refractivity contribution in [3.63, 3.8) is 0 Å². The Morgan fingerprint density at radius 2 is 1.53 bits per heavy atom. The maximum Gasteiger partial charge on any atom is 2.00 e. The first-order chi connectivity index (χ1) is 24.4. The van der Waals surface area contributed by atoms with Gasteiger partial charge in [-0.3, -0.25) is 4.99 Å². The zero-order valence-corrected chi connectivity index (χ0v) is 35.4. The molecule has 0 saturated heterocycles. The molecule has 2 aliphatic rings. The van der Waals surface area contributed by atoms with E-state index in [1.807, 2.05) is 24.4 Å². The Kier molecular flexibility index (Phi) is 9.86. The van der Waals surface area contributed by atoms with Crippen molar-refractivity contribution in [2.45, 2.75) is 105 Å². The molecule has 0 fully saturated rings. The number of aryl methyl sites for hydroxylation is 3. The minimum absolute atomic E-state index is 0. The van der Waals surface area contributed by atoms with Gasteiger partial charge >= 0.3 is 21.1 Å². The van der Waals surface area contributed by atoms with Crippen molar-refractivity contribution < 1.29 is 30.5 Å². The van der Waals surface area contributed by atoms with Gasteiger partial charge in [0, 0.05) is 34.4 Å². The van der Waals surface area contributed by atoms with E-state index in [1.165, 1.54) is 16.7 Å². The minimum Gasteiger partial charge on any atom is -0.508 e. The first-order valence-electron chi connectivity index (χ1n) is 18.4. The summed E-state index contributed by atoms with van der Waals surface area (Å²) >= 11 is 0. The van der Waals surface area contributed by atoms with Crippen LogP contribution >= 0.6 is 0 Å². The molecule has 53 heavy (non-hydrogen) atoms. The molecule has 5 nitrogen and oxygen atoms in total. The number of nitrogens with zero attached hydrogens (tertiary/aromatic N) is 3. The second-order valence-electron chi connectivity index (χ2n) is 16.9.